The normalized spacial score (nSPS) is 8.79. The zero-order valence-electron chi connectivity index (χ0n) is 10.5. The van der Waals surface area contributed by atoms with Crippen molar-refractivity contribution in [1.29, 1.82) is 0 Å². The lowest BCUT2D eigenvalue weighted by Gasteiger charge is -2.00. The van der Waals surface area contributed by atoms with E-state index < -0.39 is 11.9 Å². The molecule has 0 bridgehead atoms. The van der Waals surface area contributed by atoms with Gasteiger partial charge in [0.1, 0.15) is 0 Å². The van der Waals surface area contributed by atoms with Gasteiger partial charge in [-0.25, -0.2) is 9.59 Å². The lowest BCUT2D eigenvalue weighted by molar-refractivity contribution is -0.182. The Morgan fingerprint density at radius 1 is 1.16 bits per heavy atom. The van der Waals surface area contributed by atoms with E-state index in [0.717, 1.165) is 0 Å². The van der Waals surface area contributed by atoms with Crippen molar-refractivity contribution < 1.29 is 34.4 Å². The van der Waals surface area contributed by atoms with Crippen molar-refractivity contribution >= 4 is 17.9 Å². The Labute approximate surface area is 109 Å². The van der Waals surface area contributed by atoms with Crippen LogP contribution >= 0.6 is 0 Å². The zero-order valence-corrected chi connectivity index (χ0v) is 10.5. The number of rotatable bonds is 3. The summed E-state index contributed by atoms with van der Waals surface area (Å²) in [5, 5.41) is 16.7. The Hall–Kier alpha value is -2.41. The second-order valence-corrected chi connectivity index (χ2v) is 3.15. The summed E-state index contributed by atoms with van der Waals surface area (Å²) in [6, 6.07) is 5.44. The highest BCUT2D eigenvalue weighted by Gasteiger charge is 2.16. The van der Waals surface area contributed by atoms with Gasteiger partial charge in [0, 0.05) is 6.92 Å². The summed E-state index contributed by atoms with van der Waals surface area (Å²) in [7, 11) is 0. The molecule has 19 heavy (non-hydrogen) atoms. The van der Waals surface area contributed by atoms with Crippen molar-refractivity contribution in [1.82, 2.24) is 0 Å². The number of hydrogen-bond donors (Lipinski definition) is 2. The lowest BCUT2D eigenvalue weighted by atomic mass is 10.1. The fraction of sp³-hybridized carbons (Fsp3) is 0.250. The van der Waals surface area contributed by atoms with Crippen molar-refractivity contribution in [2.45, 2.75) is 13.8 Å². The molecule has 0 atom stereocenters. The number of carboxylic acids is 1. The molecule has 0 amide bonds. The van der Waals surface area contributed by atoms with Gasteiger partial charge < -0.3 is 9.84 Å². The Balaban J connectivity index is 0.000000459. The first kappa shape index (κ1) is 16.6. The highest BCUT2D eigenvalue weighted by Crippen LogP contribution is 2.09. The zero-order chi connectivity index (χ0) is 14.8. The van der Waals surface area contributed by atoms with E-state index in [2.05, 4.69) is 9.62 Å². The van der Waals surface area contributed by atoms with Gasteiger partial charge in [0.15, 0.2) is 0 Å². The molecule has 0 unspecified atom stereocenters. The van der Waals surface area contributed by atoms with Gasteiger partial charge in [0.25, 0.3) is 0 Å². The molecule has 1 aromatic carbocycles. The smallest absolute Gasteiger partial charge is 0.373 e. The molecule has 7 heteroatoms. The molecule has 0 fully saturated rings. The third-order valence-electron chi connectivity index (χ3n) is 1.81. The molecular weight excluding hydrogens is 256 g/mol. The first-order chi connectivity index (χ1) is 8.93. The van der Waals surface area contributed by atoms with E-state index in [0.29, 0.717) is 6.61 Å². The number of carboxylic acid groups (broad SMARTS) is 1. The molecule has 0 spiro atoms. The fourth-order valence-electron chi connectivity index (χ4n) is 1.10. The molecule has 0 saturated carbocycles. The maximum atomic E-state index is 10.8. The topological polar surface area (TPSA) is 110 Å². The van der Waals surface area contributed by atoms with Crippen LogP contribution in [0.3, 0.4) is 0 Å². The number of hydrogen-bond acceptors (Lipinski definition) is 6. The van der Waals surface area contributed by atoms with Crippen LogP contribution in [0.15, 0.2) is 24.3 Å². The summed E-state index contributed by atoms with van der Waals surface area (Å²) in [4.78, 5) is 34.6. The molecule has 2 N–H and O–H groups in total. The van der Waals surface area contributed by atoms with Crippen LogP contribution in [0.25, 0.3) is 0 Å². The highest BCUT2D eigenvalue weighted by molar-refractivity contribution is 6.02. The maximum absolute atomic E-state index is 10.8. The maximum Gasteiger partial charge on any atom is 0.373 e. The van der Waals surface area contributed by atoms with Crippen LogP contribution in [0.4, 0.5) is 0 Å². The monoisotopic (exact) mass is 270 g/mol. The number of carbonyl (C=O) groups is 3. The van der Waals surface area contributed by atoms with Crippen molar-refractivity contribution in [2.24, 2.45) is 0 Å². The van der Waals surface area contributed by atoms with E-state index in [4.69, 9.17) is 10.4 Å². The number of benzene rings is 1. The standard InChI is InChI=1S/C8H6O5.C4H8O2/c9-7(10)5-3-1-2-4-6(5)8(11)13-12;1-3-6-4(2)5/h1-4,12H,(H,9,10);3H2,1-2H3. The third kappa shape index (κ3) is 6.18. The number of esters is 1. The van der Waals surface area contributed by atoms with Gasteiger partial charge in [0.2, 0.25) is 0 Å². The van der Waals surface area contributed by atoms with Gasteiger partial charge >= 0.3 is 17.9 Å². The van der Waals surface area contributed by atoms with Gasteiger partial charge in [-0.3, -0.25) is 9.68 Å². The van der Waals surface area contributed by atoms with Crippen molar-refractivity contribution in [3.05, 3.63) is 35.4 Å². The van der Waals surface area contributed by atoms with Gasteiger partial charge in [-0.05, 0) is 19.1 Å². The molecule has 1 rings (SSSR count). The minimum Gasteiger partial charge on any atom is -0.478 e. The number of ether oxygens (including phenoxy) is 1. The summed E-state index contributed by atoms with van der Waals surface area (Å²) in [5.41, 5.74) is -0.390. The van der Waals surface area contributed by atoms with Crippen molar-refractivity contribution in [3.63, 3.8) is 0 Å². The van der Waals surface area contributed by atoms with Crippen LogP contribution in [0.1, 0.15) is 34.6 Å². The molecule has 0 aliphatic carbocycles. The van der Waals surface area contributed by atoms with Crippen molar-refractivity contribution in [3.8, 4) is 0 Å². The fourth-order valence-corrected chi connectivity index (χ4v) is 1.10. The summed E-state index contributed by atoms with van der Waals surface area (Å²) in [5.74, 6) is -2.54. The Morgan fingerprint density at radius 2 is 1.68 bits per heavy atom. The Kier molecular flexibility index (Phi) is 7.55. The first-order valence-corrected chi connectivity index (χ1v) is 5.25. The molecule has 0 aliphatic heterocycles. The van der Waals surface area contributed by atoms with E-state index in [1.54, 1.807) is 6.92 Å². The third-order valence-corrected chi connectivity index (χ3v) is 1.81. The first-order valence-electron chi connectivity index (χ1n) is 5.25. The van der Waals surface area contributed by atoms with Crippen LogP contribution in [0.2, 0.25) is 0 Å². The van der Waals surface area contributed by atoms with E-state index >= 15 is 0 Å². The second kappa shape index (κ2) is 8.65. The predicted octanol–water partition coefficient (Wildman–Crippen LogP) is 1.58. The molecule has 0 aliphatic rings. The molecule has 7 nitrogen and oxygen atoms in total. The van der Waals surface area contributed by atoms with Gasteiger partial charge in [0.05, 0.1) is 17.7 Å². The Morgan fingerprint density at radius 3 is 2.00 bits per heavy atom. The van der Waals surface area contributed by atoms with E-state index in [9.17, 15) is 14.4 Å². The largest absolute Gasteiger partial charge is 0.478 e. The quantitative estimate of drug-likeness (QED) is 0.487. The molecule has 0 aromatic heterocycles. The van der Waals surface area contributed by atoms with E-state index in [1.165, 1.54) is 31.2 Å². The van der Waals surface area contributed by atoms with Crippen LogP contribution in [0, 0.1) is 0 Å². The molecular formula is C12H14O7. The molecule has 1 aromatic rings. The van der Waals surface area contributed by atoms with Crippen LogP contribution < -0.4 is 0 Å². The predicted molar refractivity (Wildman–Crippen MR) is 63.8 cm³/mol. The van der Waals surface area contributed by atoms with E-state index in [1.807, 2.05) is 0 Å². The summed E-state index contributed by atoms with van der Waals surface area (Å²) in [6.07, 6.45) is 0. The molecule has 0 heterocycles. The lowest BCUT2D eigenvalue weighted by Crippen LogP contribution is -2.09. The summed E-state index contributed by atoms with van der Waals surface area (Å²) in [6.45, 7) is 3.65. The summed E-state index contributed by atoms with van der Waals surface area (Å²) < 4.78 is 4.40. The van der Waals surface area contributed by atoms with Crippen molar-refractivity contribution in [2.75, 3.05) is 6.61 Å². The minimum atomic E-state index is -1.25. The average molecular weight is 270 g/mol. The Bertz CT molecular complexity index is 453. The van der Waals surface area contributed by atoms with E-state index in [-0.39, 0.29) is 17.1 Å². The molecule has 0 radical (unpaired) electrons. The van der Waals surface area contributed by atoms with Crippen LogP contribution in [-0.2, 0) is 14.4 Å². The molecule has 0 saturated heterocycles. The summed E-state index contributed by atoms with van der Waals surface area (Å²) >= 11 is 0. The van der Waals surface area contributed by atoms with Crippen LogP contribution in [-0.4, -0.2) is 34.9 Å². The second-order valence-electron chi connectivity index (χ2n) is 3.15. The number of carbonyl (C=O) groups excluding carboxylic acids is 2. The SMILES string of the molecule is CCOC(C)=O.O=C(O)c1ccccc1C(=O)OO. The van der Waals surface area contributed by atoms with Crippen LogP contribution in [0.5, 0.6) is 0 Å². The van der Waals surface area contributed by atoms with Gasteiger partial charge in [-0.2, -0.15) is 5.26 Å². The van der Waals surface area contributed by atoms with Gasteiger partial charge in [-0.1, -0.05) is 12.1 Å². The molecule has 104 valence electrons. The highest BCUT2D eigenvalue weighted by atomic mass is 17.1. The average Bonchev–Trinajstić information content (AvgIpc) is 2.38. The minimum absolute atomic E-state index is 0.183. The number of aromatic carboxylic acids is 1. The van der Waals surface area contributed by atoms with Gasteiger partial charge in [-0.15, -0.1) is 0 Å².